The van der Waals surface area contributed by atoms with Gasteiger partial charge in [-0.1, -0.05) is 12.1 Å². The summed E-state index contributed by atoms with van der Waals surface area (Å²) in [4.78, 5) is 25.1. The van der Waals surface area contributed by atoms with Gasteiger partial charge in [0.15, 0.2) is 0 Å². The van der Waals surface area contributed by atoms with Gasteiger partial charge in [0.2, 0.25) is 0 Å². The summed E-state index contributed by atoms with van der Waals surface area (Å²) in [6.45, 7) is 0.403. The Hall–Kier alpha value is -2.67. The second kappa shape index (κ2) is 7.55. The highest BCUT2D eigenvalue weighted by Crippen LogP contribution is 2.22. The van der Waals surface area contributed by atoms with Crippen LogP contribution in [0.3, 0.4) is 0 Å². The van der Waals surface area contributed by atoms with Crippen molar-refractivity contribution in [2.24, 2.45) is 0 Å². The highest BCUT2D eigenvalue weighted by atomic mass is 16.5. The highest BCUT2D eigenvalue weighted by Gasteiger charge is 2.17. The zero-order valence-electron chi connectivity index (χ0n) is 13.4. The van der Waals surface area contributed by atoms with E-state index >= 15 is 0 Å². The zero-order chi connectivity index (χ0) is 16.8. The van der Waals surface area contributed by atoms with Gasteiger partial charge in [-0.2, -0.15) is 5.10 Å². The van der Waals surface area contributed by atoms with Gasteiger partial charge in [0.05, 0.1) is 13.2 Å². The van der Waals surface area contributed by atoms with Crippen LogP contribution in [0.5, 0.6) is 5.75 Å². The molecule has 23 heavy (non-hydrogen) atoms. The van der Waals surface area contributed by atoms with Crippen molar-refractivity contribution in [2.45, 2.75) is 6.04 Å². The average molecular weight is 316 g/mol. The van der Waals surface area contributed by atoms with Crippen molar-refractivity contribution >= 4 is 5.91 Å². The lowest BCUT2D eigenvalue weighted by molar-refractivity contribution is 0.0936. The summed E-state index contributed by atoms with van der Waals surface area (Å²) in [5.41, 5.74) is 0.862. The van der Waals surface area contributed by atoms with Crippen LogP contribution < -0.4 is 15.6 Å². The van der Waals surface area contributed by atoms with Gasteiger partial charge in [-0.15, -0.1) is 0 Å². The van der Waals surface area contributed by atoms with Crippen molar-refractivity contribution in [1.82, 2.24) is 20.4 Å². The Bertz CT molecular complexity index is 707. The topological polar surface area (TPSA) is 87.3 Å². The molecule has 0 saturated heterocycles. The molecule has 0 unspecified atom stereocenters. The first-order chi connectivity index (χ1) is 11.0. The van der Waals surface area contributed by atoms with Gasteiger partial charge in [0.1, 0.15) is 11.4 Å². The molecule has 1 heterocycles. The first-order valence-electron chi connectivity index (χ1n) is 7.15. The molecule has 2 aromatic rings. The molecule has 0 fully saturated rings. The van der Waals surface area contributed by atoms with Gasteiger partial charge in [-0.05, 0) is 37.9 Å². The van der Waals surface area contributed by atoms with Gasteiger partial charge in [0.25, 0.3) is 11.5 Å². The van der Waals surface area contributed by atoms with Crippen LogP contribution >= 0.6 is 0 Å². The Kier molecular flexibility index (Phi) is 5.48. The molecule has 1 amide bonds. The maximum atomic E-state index is 12.1. The van der Waals surface area contributed by atoms with Crippen molar-refractivity contribution in [1.29, 1.82) is 0 Å². The third-order valence-corrected chi connectivity index (χ3v) is 3.47. The number of aromatic nitrogens is 2. The summed E-state index contributed by atoms with van der Waals surface area (Å²) in [5.74, 6) is 0.430. The Labute approximate surface area is 134 Å². The number of aromatic amines is 1. The SMILES string of the molecule is COc1cccc([C@H](CNC(=O)c2ccc(=O)[nH]n2)N(C)C)c1. The predicted molar refractivity (Wildman–Crippen MR) is 86.6 cm³/mol. The smallest absolute Gasteiger partial charge is 0.271 e. The number of carbonyl (C=O) groups is 1. The Morgan fingerprint density at radius 3 is 2.74 bits per heavy atom. The molecule has 2 N–H and O–H groups in total. The largest absolute Gasteiger partial charge is 0.497 e. The molecule has 0 aliphatic rings. The van der Waals surface area contributed by atoms with Crippen LogP contribution in [0.25, 0.3) is 0 Å². The molecule has 0 radical (unpaired) electrons. The summed E-state index contributed by atoms with van der Waals surface area (Å²) in [7, 11) is 5.50. The third kappa shape index (κ3) is 4.40. The first kappa shape index (κ1) is 16.7. The molecule has 7 heteroatoms. The van der Waals surface area contributed by atoms with Crippen LogP contribution in [0.2, 0.25) is 0 Å². The van der Waals surface area contributed by atoms with E-state index in [4.69, 9.17) is 4.74 Å². The fraction of sp³-hybridized carbons (Fsp3) is 0.312. The Balaban J connectivity index is 2.09. The van der Waals surface area contributed by atoms with E-state index in [2.05, 4.69) is 15.5 Å². The summed E-state index contributed by atoms with van der Waals surface area (Å²) in [6, 6.07) is 10.4. The molecule has 1 atom stereocenters. The molecule has 1 aromatic carbocycles. The Morgan fingerprint density at radius 2 is 2.13 bits per heavy atom. The van der Waals surface area contributed by atoms with E-state index in [0.717, 1.165) is 11.3 Å². The number of carbonyl (C=O) groups excluding carboxylic acids is 1. The average Bonchev–Trinajstić information content (AvgIpc) is 2.55. The fourth-order valence-corrected chi connectivity index (χ4v) is 2.20. The molecule has 0 aliphatic carbocycles. The summed E-state index contributed by atoms with van der Waals surface area (Å²) in [6.07, 6.45) is 0. The van der Waals surface area contributed by atoms with Crippen LogP contribution in [0.1, 0.15) is 22.1 Å². The monoisotopic (exact) mass is 316 g/mol. The number of H-pyrrole nitrogens is 1. The van der Waals surface area contributed by atoms with E-state index < -0.39 is 0 Å². The van der Waals surface area contributed by atoms with Crippen LogP contribution in [-0.2, 0) is 0 Å². The number of hydrogen-bond donors (Lipinski definition) is 2. The van der Waals surface area contributed by atoms with E-state index in [1.165, 1.54) is 12.1 Å². The van der Waals surface area contributed by atoms with Crippen molar-refractivity contribution in [3.63, 3.8) is 0 Å². The lowest BCUT2D eigenvalue weighted by Crippen LogP contribution is -2.35. The molecule has 7 nitrogen and oxygen atoms in total. The van der Waals surface area contributed by atoms with E-state index in [-0.39, 0.29) is 23.2 Å². The van der Waals surface area contributed by atoms with Gasteiger partial charge >= 0.3 is 0 Å². The minimum atomic E-state index is -0.343. The van der Waals surface area contributed by atoms with E-state index in [9.17, 15) is 9.59 Å². The number of hydrogen-bond acceptors (Lipinski definition) is 5. The minimum absolute atomic E-state index is 0.0168. The van der Waals surface area contributed by atoms with Crippen LogP contribution in [0, 0.1) is 0 Å². The van der Waals surface area contributed by atoms with Gasteiger partial charge in [0, 0.05) is 12.6 Å². The summed E-state index contributed by atoms with van der Waals surface area (Å²) >= 11 is 0. The van der Waals surface area contributed by atoms with E-state index in [1.54, 1.807) is 7.11 Å². The number of amides is 1. The second-order valence-electron chi connectivity index (χ2n) is 5.27. The normalized spacial score (nSPS) is 12.0. The lowest BCUT2D eigenvalue weighted by Gasteiger charge is -2.25. The maximum absolute atomic E-state index is 12.1. The molecular weight excluding hydrogens is 296 g/mol. The molecule has 0 saturated carbocycles. The quantitative estimate of drug-likeness (QED) is 0.823. The number of nitrogens with zero attached hydrogens (tertiary/aromatic N) is 2. The number of methoxy groups -OCH3 is 1. The zero-order valence-corrected chi connectivity index (χ0v) is 13.4. The standard InChI is InChI=1S/C16H20N4O3/c1-20(2)14(11-5-4-6-12(9-11)23-3)10-17-16(22)13-7-8-15(21)19-18-13/h4-9,14H,10H2,1-3H3,(H,17,22)(H,19,21)/t14-/m0/s1. The molecule has 122 valence electrons. The first-order valence-corrected chi connectivity index (χ1v) is 7.15. The molecule has 0 spiro atoms. The molecule has 1 aromatic heterocycles. The second-order valence-corrected chi connectivity index (χ2v) is 5.27. The lowest BCUT2D eigenvalue weighted by atomic mass is 10.1. The van der Waals surface area contributed by atoms with Gasteiger partial charge in [-0.3, -0.25) is 9.59 Å². The molecule has 2 rings (SSSR count). The predicted octanol–water partition coefficient (Wildman–Crippen LogP) is 0.811. The molecule has 0 aliphatic heterocycles. The van der Waals surface area contributed by atoms with Gasteiger partial charge < -0.3 is 15.0 Å². The van der Waals surface area contributed by atoms with Crippen LogP contribution in [0.15, 0.2) is 41.2 Å². The minimum Gasteiger partial charge on any atom is -0.497 e. The highest BCUT2D eigenvalue weighted by molar-refractivity contribution is 5.91. The third-order valence-electron chi connectivity index (χ3n) is 3.47. The summed E-state index contributed by atoms with van der Waals surface area (Å²) < 4.78 is 5.24. The van der Waals surface area contributed by atoms with Crippen molar-refractivity contribution in [3.05, 3.63) is 58.0 Å². The molecule has 0 bridgehead atoms. The van der Waals surface area contributed by atoms with E-state index in [0.29, 0.717) is 6.54 Å². The van der Waals surface area contributed by atoms with Crippen molar-refractivity contribution in [2.75, 3.05) is 27.7 Å². The maximum Gasteiger partial charge on any atom is 0.271 e. The summed E-state index contributed by atoms with van der Waals surface area (Å²) in [5, 5.41) is 8.79. The number of rotatable bonds is 6. The number of ether oxygens (including phenoxy) is 1. The number of nitrogens with one attached hydrogen (secondary N) is 2. The fourth-order valence-electron chi connectivity index (χ4n) is 2.20. The number of likely N-dealkylation sites (N-methyl/N-ethyl adjacent to an activating group) is 1. The Morgan fingerprint density at radius 1 is 1.35 bits per heavy atom. The molecular formula is C16H20N4O3. The van der Waals surface area contributed by atoms with Crippen LogP contribution in [0.4, 0.5) is 0 Å². The van der Waals surface area contributed by atoms with Crippen molar-refractivity contribution in [3.8, 4) is 5.75 Å². The number of benzene rings is 1. The van der Waals surface area contributed by atoms with Crippen LogP contribution in [-0.4, -0.2) is 48.8 Å². The van der Waals surface area contributed by atoms with Gasteiger partial charge in [-0.25, -0.2) is 5.10 Å². The van der Waals surface area contributed by atoms with Crippen molar-refractivity contribution < 1.29 is 9.53 Å². The van der Waals surface area contributed by atoms with E-state index in [1.807, 2.05) is 43.3 Å².